The highest BCUT2D eigenvalue weighted by molar-refractivity contribution is 5.77. The van der Waals surface area contributed by atoms with Crippen molar-refractivity contribution in [2.24, 2.45) is 5.41 Å². The van der Waals surface area contributed by atoms with E-state index in [4.69, 9.17) is 0 Å². The predicted octanol–water partition coefficient (Wildman–Crippen LogP) is 2.29. The van der Waals surface area contributed by atoms with Crippen LogP contribution in [-0.2, 0) is 11.3 Å². The number of hydrogen-bond donors (Lipinski definition) is 0. The van der Waals surface area contributed by atoms with Crippen LogP contribution in [0.3, 0.4) is 0 Å². The Kier molecular flexibility index (Phi) is 4.76. The minimum Gasteiger partial charge on any atom is -0.354 e. The van der Waals surface area contributed by atoms with E-state index in [-0.39, 0.29) is 11.3 Å². The molecule has 0 aliphatic carbocycles. The number of carbonyl (C=O) groups excluding carboxylic acids is 1. The fourth-order valence-corrected chi connectivity index (χ4v) is 4.38. The van der Waals surface area contributed by atoms with Crippen LogP contribution >= 0.6 is 0 Å². The first-order valence-electron chi connectivity index (χ1n) is 9.63. The van der Waals surface area contributed by atoms with Crippen LogP contribution in [0.1, 0.15) is 42.8 Å². The average molecular weight is 366 g/mol. The second-order valence-electron chi connectivity index (χ2n) is 7.89. The molecule has 0 bridgehead atoms. The zero-order chi connectivity index (χ0) is 18.9. The zero-order valence-corrected chi connectivity index (χ0v) is 16.1. The van der Waals surface area contributed by atoms with Gasteiger partial charge in [-0.1, -0.05) is 0 Å². The molecule has 0 saturated carbocycles. The van der Waals surface area contributed by atoms with E-state index in [9.17, 15) is 4.79 Å². The maximum absolute atomic E-state index is 12.5. The summed E-state index contributed by atoms with van der Waals surface area (Å²) < 4.78 is 0. The zero-order valence-electron chi connectivity index (χ0n) is 16.1. The minimum absolute atomic E-state index is 0.119. The van der Waals surface area contributed by atoms with E-state index in [1.165, 1.54) is 0 Å². The van der Waals surface area contributed by atoms with Gasteiger partial charge in [-0.15, -0.1) is 0 Å². The molecule has 0 unspecified atom stereocenters. The van der Waals surface area contributed by atoms with Crippen molar-refractivity contribution in [3.8, 4) is 0 Å². The first-order valence-corrected chi connectivity index (χ1v) is 9.63. The molecule has 2 aromatic heterocycles. The van der Waals surface area contributed by atoms with Crippen LogP contribution in [-0.4, -0.2) is 50.4 Å². The summed E-state index contributed by atoms with van der Waals surface area (Å²) >= 11 is 0. The van der Waals surface area contributed by atoms with Gasteiger partial charge in [-0.3, -0.25) is 19.7 Å². The molecule has 1 atom stereocenters. The number of aromatic nitrogens is 4. The molecule has 2 aromatic rings. The third-order valence-electron chi connectivity index (χ3n) is 5.75. The summed E-state index contributed by atoms with van der Waals surface area (Å²) in [6.07, 6.45) is 10.8. The molecule has 4 heterocycles. The molecule has 0 radical (unpaired) electrons. The molecule has 4 rings (SSSR count). The Bertz CT molecular complexity index is 823. The van der Waals surface area contributed by atoms with Gasteiger partial charge < -0.3 is 9.80 Å². The van der Waals surface area contributed by atoms with E-state index in [2.05, 4.69) is 24.8 Å². The fourth-order valence-electron chi connectivity index (χ4n) is 4.38. The summed E-state index contributed by atoms with van der Waals surface area (Å²) in [5.74, 6) is 1.19. The van der Waals surface area contributed by atoms with Gasteiger partial charge in [0.2, 0.25) is 5.91 Å². The topological polar surface area (TPSA) is 75.1 Å². The third-order valence-corrected chi connectivity index (χ3v) is 5.75. The van der Waals surface area contributed by atoms with Crippen molar-refractivity contribution in [2.45, 2.75) is 46.1 Å². The molecule has 7 nitrogen and oxygen atoms in total. The molecule has 2 aliphatic heterocycles. The Morgan fingerprint density at radius 3 is 2.67 bits per heavy atom. The number of aryl methyl sites for hydroxylation is 2. The lowest BCUT2D eigenvalue weighted by molar-refractivity contribution is -0.138. The first-order chi connectivity index (χ1) is 13.0. The summed E-state index contributed by atoms with van der Waals surface area (Å²) in [6, 6.07) is 0. The monoisotopic (exact) mass is 366 g/mol. The van der Waals surface area contributed by atoms with Crippen molar-refractivity contribution >= 4 is 11.7 Å². The SMILES string of the molecule is Cc1cnc(CN2C[C@]3(CCCN(c4nccnc4C)C3)CCC2=O)cn1. The smallest absolute Gasteiger partial charge is 0.222 e. The van der Waals surface area contributed by atoms with E-state index in [1.807, 2.05) is 18.7 Å². The molecule has 7 heteroatoms. The van der Waals surface area contributed by atoms with Gasteiger partial charge in [-0.25, -0.2) is 4.98 Å². The molecule has 1 spiro atoms. The van der Waals surface area contributed by atoms with Gasteiger partial charge in [0, 0.05) is 50.1 Å². The summed E-state index contributed by atoms with van der Waals surface area (Å²) in [5.41, 5.74) is 2.83. The van der Waals surface area contributed by atoms with Gasteiger partial charge in [-0.05, 0) is 33.1 Å². The average Bonchev–Trinajstić information content (AvgIpc) is 2.67. The molecule has 2 saturated heterocycles. The number of piperidine rings is 2. The molecule has 1 amide bonds. The van der Waals surface area contributed by atoms with Crippen LogP contribution < -0.4 is 4.90 Å². The van der Waals surface area contributed by atoms with Crippen molar-refractivity contribution in [2.75, 3.05) is 24.5 Å². The highest BCUT2D eigenvalue weighted by Crippen LogP contribution is 2.40. The highest BCUT2D eigenvalue weighted by Gasteiger charge is 2.42. The lowest BCUT2D eigenvalue weighted by Crippen LogP contribution is -2.54. The van der Waals surface area contributed by atoms with Gasteiger partial charge >= 0.3 is 0 Å². The summed E-state index contributed by atoms with van der Waals surface area (Å²) in [4.78, 5) is 34.5. The van der Waals surface area contributed by atoms with Gasteiger partial charge in [0.25, 0.3) is 0 Å². The van der Waals surface area contributed by atoms with Crippen molar-refractivity contribution in [1.82, 2.24) is 24.8 Å². The van der Waals surface area contributed by atoms with Crippen molar-refractivity contribution in [1.29, 1.82) is 0 Å². The maximum atomic E-state index is 12.5. The third kappa shape index (κ3) is 3.77. The molecule has 0 N–H and O–H groups in total. The standard InChI is InChI=1S/C20H26N6O/c1-15-10-24-17(11-23-15)12-26-14-20(6-4-18(26)27)5-3-9-25(13-20)19-16(2)21-7-8-22-19/h7-8,10-11H,3-6,9,12-14H2,1-2H3/t20-/m1/s1. The van der Waals surface area contributed by atoms with Crippen molar-refractivity contribution < 1.29 is 4.79 Å². The van der Waals surface area contributed by atoms with Crippen LogP contribution in [0.5, 0.6) is 0 Å². The molecule has 2 aliphatic rings. The predicted molar refractivity (Wildman–Crippen MR) is 102 cm³/mol. The molecule has 27 heavy (non-hydrogen) atoms. The summed E-state index contributed by atoms with van der Waals surface area (Å²) in [6.45, 7) is 7.17. The van der Waals surface area contributed by atoms with E-state index in [0.717, 1.165) is 61.8 Å². The van der Waals surface area contributed by atoms with Crippen molar-refractivity contribution in [3.63, 3.8) is 0 Å². The summed E-state index contributed by atoms with van der Waals surface area (Å²) in [7, 11) is 0. The Hall–Kier alpha value is -2.57. The Morgan fingerprint density at radius 1 is 1.04 bits per heavy atom. The molecular weight excluding hydrogens is 340 g/mol. The Balaban J connectivity index is 1.51. The first kappa shape index (κ1) is 17.8. The fraction of sp³-hybridized carbons (Fsp3) is 0.550. The quantitative estimate of drug-likeness (QED) is 0.830. The number of nitrogens with zero attached hydrogens (tertiary/aromatic N) is 6. The van der Waals surface area contributed by atoms with E-state index in [0.29, 0.717) is 13.0 Å². The van der Waals surface area contributed by atoms with Crippen LogP contribution in [0, 0.1) is 19.3 Å². The second kappa shape index (κ2) is 7.21. The van der Waals surface area contributed by atoms with Gasteiger partial charge in [0.05, 0.1) is 29.8 Å². The van der Waals surface area contributed by atoms with Gasteiger partial charge in [0.1, 0.15) is 5.82 Å². The van der Waals surface area contributed by atoms with Gasteiger partial charge in [0.15, 0.2) is 0 Å². The number of rotatable bonds is 3. The number of likely N-dealkylation sites (tertiary alicyclic amines) is 1. The second-order valence-corrected chi connectivity index (χ2v) is 7.89. The number of anilines is 1. The lowest BCUT2D eigenvalue weighted by atomic mass is 9.73. The van der Waals surface area contributed by atoms with Crippen LogP contribution in [0.2, 0.25) is 0 Å². The van der Waals surface area contributed by atoms with E-state index < -0.39 is 0 Å². The molecular formula is C20H26N6O. The number of amides is 1. The van der Waals surface area contributed by atoms with Crippen LogP contribution in [0.4, 0.5) is 5.82 Å². The number of hydrogen-bond acceptors (Lipinski definition) is 6. The lowest BCUT2D eigenvalue weighted by Gasteiger charge is -2.48. The Morgan fingerprint density at radius 2 is 1.89 bits per heavy atom. The van der Waals surface area contributed by atoms with Crippen molar-refractivity contribution in [3.05, 3.63) is 41.9 Å². The molecule has 142 valence electrons. The number of carbonyl (C=O) groups is 1. The normalized spacial score (nSPS) is 23.1. The van der Waals surface area contributed by atoms with Crippen LogP contribution in [0.15, 0.2) is 24.8 Å². The van der Waals surface area contributed by atoms with Crippen LogP contribution in [0.25, 0.3) is 0 Å². The summed E-state index contributed by atoms with van der Waals surface area (Å²) in [5, 5.41) is 0. The maximum Gasteiger partial charge on any atom is 0.222 e. The highest BCUT2D eigenvalue weighted by atomic mass is 16.2. The van der Waals surface area contributed by atoms with E-state index in [1.54, 1.807) is 24.8 Å². The minimum atomic E-state index is 0.119. The molecule has 2 fully saturated rings. The van der Waals surface area contributed by atoms with E-state index >= 15 is 0 Å². The largest absolute Gasteiger partial charge is 0.354 e. The Labute approximate surface area is 159 Å². The van der Waals surface area contributed by atoms with Gasteiger partial charge in [-0.2, -0.15) is 0 Å². The molecule has 0 aromatic carbocycles.